The second-order valence-corrected chi connectivity index (χ2v) is 6.47. The highest BCUT2D eigenvalue weighted by molar-refractivity contribution is 7.99. The Morgan fingerprint density at radius 1 is 1.47 bits per heavy atom. The van der Waals surface area contributed by atoms with Crippen molar-refractivity contribution < 1.29 is 8.78 Å². The molecule has 1 aromatic heterocycles. The second-order valence-electron chi connectivity index (χ2n) is 5.41. The minimum atomic E-state index is -2.42. The fourth-order valence-corrected chi connectivity index (χ4v) is 3.02. The number of hydrogen-bond donors (Lipinski definition) is 1. The van der Waals surface area contributed by atoms with Crippen molar-refractivity contribution in [3.05, 3.63) is 5.82 Å². The molecule has 1 atom stereocenters. The summed E-state index contributed by atoms with van der Waals surface area (Å²) in [5.74, 6) is -0.979. The molecule has 4 nitrogen and oxygen atoms in total. The normalized spacial score (nSPS) is 21.1. The maximum absolute atomic E-state index is 12.8. The molecule has 0 aliphatic heterocycles. The second kappa shape index (κ2) is 5.75. The minimum absolute atomic E-state index is 0.0420. The van der Waals surface area contributed by atoms with E-state index in [1.54, 1.807) is 0 Å². The first-order valence-electron chi connectivity index (χ1n) is 6.56. The molecule has 0 aromatic carbocycles. The van der Waals surface area contributed by atoms with Crippen LogP contribution in [0.15, 0.2) is 5.16 Å². The van der Waals surface area contributed by atoms with Gasteiger partial charge in [-0.05, 0) is 12.3 Å². The van der Waals surface area contributed by atoms with E-state index >= 15 is 0 Å². The highest BCUT2D eigenvalue weighted by Crippen LogP contribution is 2.51. The van der Waals surface area contributed by atoms with Gasteiger partial charge in [-0.3, -0.25) is 0 Å². The predicted octanol–water partition coefficient (Wildman–Crippen LogP) is 2.53. The van der Waals surface area contributed by atoms with Gasteiger partial charge in [0.05, 0.1) is 6.54 Å². The average Bonchev–Trinajstić information content (AvgIpc) is 2.76. The Kier molecular flexibility index (Phi) is 4.45. The summed E-state index contributed by atoms with van der Waals surface area (Å²) >= 11 is 1.49. The molecule has 2 rings (SSSR count). The van der Waals surface area contributed by atoms with Gasteiger partial charge in [-0.2, -0.15) is 0 Å². The van der Waals surface area contributed by atoms with Gasteiger partial charge in [0, 0.05) is 24.6 Å². The zero-order valence-corrected chi connectivity index (χ0v) is 12.1. The number of thioether (sulfide) groups is 1. The Bertz CT molecular complexity index is 433. The number of nitrogens with zero attached hydrogens (tertiary/aromatic N) is 3. The van der Waals surface area contributed by atoms with Crippen LogP contribution >= 0.6 is 11.8 Å². The Morgan fingerprint density at radius 3 is 2.68 bits per heavy atom. The number of aromatic nitrogens is 3. The van der Waals surface area contributed by atoms with E-state index in [9.17, 15) is 8.78 Å². The molecule has 0 amide bonds. The average molecular weight is 290 g/mol. The molecule has 7 heteroatoms. The number of alkyl halides is 2. The summed E-state index contributed by atoms with van der Waals surface area (Å²) in [5.41, 5.74) is 5.63. The van der Waals surface area contributed by atoms with Crippen molar-refractivity contribution in [3.8, 4) is 0 Å². The molecule has 108 valence electrons. The van der Waals surface area contributed by atoms with Crippen molar-refractivity contribution in [2.45, 2.75) is 50.9 Å². The number of rotatable bonds is 7. The molecule has 0 unspecified atom stereocenters. The largest absolute Gasteiger partial charge is 0.324 e. The first-order chi connectivity index (χ1) is 8.94. The van der Waals surface area contributed by atoms with Gasteiger partial charge in [0.25, 0.3) is 5.92 Å². The lowest BCUT2D eigenvalue weighted by molar-refractivity contribution is 0.0983. The van der Waals surface area contributed by atoms with E-state index in [4.69, 9.17) is 5.73 Å². The third kappa shape index (κ3) is 3.66. The van der Waals surface area contributed by atoms with Gasteiger partial charge in [-0.1, -0.05) is 25.6 Å². The quantitative estimate of drug-likeness (QED) is 0.784. The molecular weight excluding hydrogens is 270 g/mol. The summed E-state index contributed by atoms with van der Waals surface area (Å²) in [6.07, 6.45) is 0.574. The molecule has 1 aromatic rings. The van der Waals surface area contributed by atoms with Crippen LogP contribution in [0.2, 0.25) is 0 Å². The lowest BCUT2D eigenvalue weighted by Crippen LogP contribution is -2.13. The summed E-state index contributed by atoms with van der Waals surface area (Å²) in [6.45, 7) is 5.38. The molecular formula is C12H20F2N4S. The molecule has 0 radical (unpaired) electrons. The van der Waals surface area contributed by atoms with Crippen molar-refractivity contribution in [3.63, 3.8) is 0 Å². The molecule has 1 heterocycles. The van der Waals surface area contributed by atoms with Gasteiger partial charge in [0.15, 0.2) is 5.16 Å². The number of nitrogens with two attached hydrogens (primary N) is 1. The van der Waals surface area contributed by atoms with Gasteiger partial charge in [-0.25, -0.2) is 8.78 Å². The predicted molar refractivity (Wildman–Crippen MR) is 71.1 cm³/mol. The Balaban J connectivity index is 1.90. The highest BCUT2D eigenvalue weighted by atomic mass is 32.2. The molecule has 0 bridgehead atoms. The zero-order chi connectivity index (χ0) is 14.0. The first kappa shape index (κ1) is 14.7. The van der Waals surface area contributed by atoms with Crippen LogP contribution in [0.1, 0.15) is 32.5 Å². The minimum Gasteiger partial charge on any atom is -0.324 e. The summed E-state index contributed by atoms with van der Waals surface area (Å²) in [7, 11) is 0. The van der Waals surface area contributed by atoms with Crippen LogP contribution in [0.4, 0.5) is 8.78 Å². The van der Waals surface area contributed by atoms with E-state index in [0.717, 1.165) is 17.5 Å². The van der Waals surface area contributed by atoms with Gasteiger partial charge in [0.1, 0.15) is 5.82 Å². The van der Waals surface area contributed by atoms with E-state index in [1.807, 2.05) is 4.57 Å². The summed E-state index contributed by atoms with van der Waals surface area (Å²) in [6, 6.07) is 0. The van der Waals surface area contributed by atoms with Crippen molar-refractivity contribution in [2.75, 3.05) is 5.75 Å². The molecule has 2 N–H and O–H groups in total. The highest BCUT2D eigenvalue weighted by Gasteiger charge is 2.55. The molecule has 1 aliphatic rings. The third-order valence-corrected chi connectivity index (χ3v) is 4.18. The topological polar surface area (TPSA) is 56.7 Å². The van der Waals surface area contributed by atoms with Crippen LogP contribution in [0, 0.1) is 11.8 Å². The number of halogens is 2. The Labute approximate surface area is 116 Å². The van der Waals surface area contributed by atoms with E-state index in [0.29, 0.717) is 24.6 Å². The SMILES string of the molecule is CC(C)Cn1c(CN)nnc1SCC[C@@H]1CC1(F)F. The van der Waals surface area contributed by atoms with Crippen LogP contribution in [-0.4, -0.2) is 26.4 Å². The monoisotopic (exact) mass is 290 g/mol. The molecule has 1 fully saturated rings. The summed E-state index contributed by atoms with van der Waals surface area (Å²) in [5, 5.41) is 8.94. The maximum atomic E-state index is 12.8. The molecule has 1 saturated carbocycles. The van der Waals surface area contributed by atoms with Crippen LogP contribution in [0.5, 0.6) is 0 Å². The smallest absolute Gasteiger partial charge is 0.251 e. The standard InChI is InChI=1S/C12H20F2N4S/c1-8(2)7-18-10(6-15)16-17-11(18)19-4-3-9-5-12(9,13)14/h8-9H,3-7,15H2,1-2H3/t9-/m1/s1. The molecule has 0 saturated heterocycles. The molecule has 19 heavy (non-hydrogen) atoms. The lowest BCUT2D eigenvalue weighted by atomic mass is 10.2. The van der Waals surface area contributed by atoms with Crippen LogP contribution < -0.4 is 5.73 Å². The lowest BCUT2D eigenvalue weighted by Gasteiger charge is -2.11. The van der Waals surface area contributed by atoms with Crippen molar-refractivity contribution in [1.29, 1.82) is 0 Å². The maximum Gasteiger partial charge on any atom is 0.251 e. The van der Waals surface area contributed by atoms with E-state index < -0.39 is 11.8 Å². The summed E-state index contributed by atoms with van der Waals surface area (Å²) in [4.78, 5) is 0. The van der Waals surface area contributed by atoms with E-state index in [-0.39, 0.29) is 6.42 Å². The van der Waals surface area contributed by atoms with Crippen LogP contribution in [-0.2, 0) is 13.1 Å². The van der Waals surface area contributed by atoms with Gasteiger partial charge >= 0.3 is 0 Å². The summed E-state index contributed by atoms with van der Waals surface area (Å²) < 4.78 is 27.5. The van der Waals surface area contributed by atoms with Crippen molar-refractivity contribution >= 4 is 11.8 Å². The fourth-order valence-electron chi connectivity index (χ4n) is 2.00. The molecule has 0 spiro atoms. The zero-order valence-electron chi connectivity index (χ0n) is 11.3. The van der Waals surface area contributed by atoms with E-state index in [2.05, 4.69) is 24.0 Å². The molecule has 1 aliphatic carbocycles. The number of hydrogen-bond acceptors (Lipinski definition) is 4. The third-order valence-electron chi connectivity index (χ3n) is 3.18. The van der Waals surface area contributed by atoms with Crippen molar-refractivity contribution in [2.24, 2.45) is 17.6 Å². The van der Waals surface area contributed by atoms with Gasteiger partial charge in [0.2, 0.25) is 0 Å². The fraction of sp³-hybridized carbons (Fsp3) is 0.833. The van der Waals surface area contributed by atoms with Crippen LogP contribution in [0.25, 0.3) is 0 Å². The Hall–Kier alpha value is -0.690. The van der Waals surface area contributed by atoms with E-state index in [1.165, 1.54) is 11.8 Å². The van der Waals surface area contributed by atoms with Gasteiger partial charge in [-0.15, -0.1) is 10.2 Å². The first-order valence-corrected chi connectivity index (χ1v) is 7.55. The van der Waals surface area contributed by atoms with Crippen LogP contribution in [0.3, 0.4) is 0 Å². The Morgan fingerprint density at radius 2 is 2.16 bits per heavy atom. The van der Waals surface area contributed by atoms with Gasteiger partial charge < -0.3 is 10.3 Å². The van der Waals surface area contributed by atoms with Crippen molar-refractivity contribution in [1.82, 2.24) is 14.8 Å².